The maximum absolute atomic E-state index is 8.62. The van der Waals surface area contributed by atoms with E-state index in [1.165, 1.54) is 0 Å². The van der Waals surface area contributed by atoms with Crippen molar-refractivity contribution in [3.63, 3.8) is 0 Å². The molecule has 3 nitrogen and oxygen atoms in total. The third-order valence-corrected chi connectivity index (χ3v) is 1.48. The van der Waals surface area contributed by atoms with E-state index in [1.54, 1.807) is 18.3 Å². The van der Waals surface area contributed by atoms with E-state index in [4.69, 9.17) is 11.0 Å². The summed E-state index contributed by atoms with van der Waals surface area (Å²) >= 11 is 0. The third kappa shape index (κ3) is 1.61. The molecule has 1 aromatic heterocycles. The molecule has 0 saturated heterocycles. The van der Waals surface area contributed by atoms with Crippen LogP contribution in [0.3, 0.4) is 0 Å². The lowest BCUT2D eigenvalue weighted by Gasteiger charge is -1.98. The number of nitrogens with zero attached hydrogens (tertiary/aromatic N) is 2. The van der Waals surface area contributed by atoms with Gasteiger partial charge >= 0.3 is 0 Å². The molecule has 0 spiro atoms. The molecule has 0 fully saturated rings. The number of pyridine rings is 1. The van der Waals surface area contributed by atoms with Crippen LogP contribution in [-0.2, 0) is 6.42 Å². The third-order valence-electron chi connectivity index (χ3n) is 1.48. The number of nitrogen functional groups attached to an aromatic ring is 1. The summed E-state index contributed by atoms with van der Waals surface area (Å²) in [4.78, 5) is 3.88. The van der Waals surface area contributed by atoms with Crippen molar-refractivity contribution in [2.24, 2.45) is 0 Å². The lowest BCUT2D eigenvalue weighted by atomic mass is 10.1. The maximum Gasteiger partial charge on any atom is 0.141 e. The van der Waals surface area contributed by atoms with Crippen LogP contribution >= 0.6 is 0 Å². The molecule has 3 heteroatoms. The van der Waals surface area contributed by atoms with Crippen LogP contribution in [0.5, 0.6) is 0 Å². The quantitative estimate of drug-likeness (QED) is 0.661. The summed E-state index contributed by atoms with van der Waals surface area (Å²) < 4.78 is 0. The normalized spacial score (nSPS) is 8.92. The first kappa shape index (κ1) is 8.28. The molecule has 0 unspecified atom stereocenters. The number of nitrogens with two attached hydrogens (primary N) is 1. The van der Waals surface area contributed by atoms with Gasteiger partial charge in [0.05, 0.1) is 5.56 Å². The van der Waals surface area contributed by atoms with Crippen molar-refractivity contribution in [1.82, 2.24) is 4.98 Å². The standard InChI is InChI=1S/C9H9N3/c1-2-3-7-4-8(5-10)9(11)12-6-7/h2,4,6H,1,3H2,(H2,11,12). The van der Waals surface area contributed by atoms with Gasteiger partial charge < -0.3 is 5.73 Å². The Morgan fingerprint density at radius 3 is 3.08 bits per heavy atom. The summed E-state index contributed by atoms with van der Waals surface area (Å²) in [5.74, 6) is 0.283. The van der Waals surface area contributed by atoms with Crippen LogP contribution in [0.2, 0.25) is 0 Å². The Morgan fingerprint density at radius 2 is 2.50 bits per heavy atom. The fourth-order valence-electron chi connectivity index (χ4n) is 0.886. The van der Waals surface area contributed by atoms with Crippen molar-refractivity contribution in [3.8, 4) is 6.07 Å². The van der Waals surface area contributed by atoms with E-state index in [9.17, 15) is 0 Å². The fourth-order valence-corrected chi connectivity index (χ4v) is 0.886. The van der Waals surface area contributed by atoms with E-state index < -0.39 is 0 Å². The van der Waals surface area contributed by atoms with Gasteiger partial charge in [0.1, 0.15) is 11.9 Å². The second-order valence-electron chi connectivity index (χ2n) is 2.38. The largest absolute Gasteiger partial charge is 0.383 e. The zero-order chi connectivity index (χ0) is 8.97. The number of hydrogen-bond acceptors (Lipinski definition) is 3. The summed E-state index contributed by atoms with van der Waals surface area (Å²) in [7, 11) is 0. The van der Waals surface area contributed by atoms with Crippen molar-refractivity contribution in [3.05, 3.63) is 36.0 Å². The van der Waals surface area contributed by atoms with Gasteiger partial charge in [-0.25, -0.2) is 4.98 Å². The van der Waals surface area contributed by atoms with Crippen LogP contribution in [0.1, 0.15) is 11.1 Å². The average molecular weight is 159 g/mol. The lowest BCUT2D eigenvalue weighted by molar-refractivity contribution is 1.19. The van der Waals surface area contributed by atoms with Crippen molar-refractivity contribution >= 4 is 5.82 Å². The molecule has 0 atom stereocenters. The van der Waals surface area contributed by atoms with Gasteiger partial charge in [0.25, 0.3) is 0 Å². The Morgan fingerprint density at radius 1 is 1.75 bits per heavy atom. The molecular weight excluding hydrogens is 150 g/mol. The Labute approximate surface area is 71.2 Å². The van der Waals surface area contributed by atoms with Gasteiger partial charge in [0.15, 0.2) is 0 Å². The van der Waals surface area contributed by atoms with Crippen LogP contribution < -0.4 is 5.73 Å². The average Bonchev–Trinajstić information content (AvgIpc) is 2.09. The highest BCUT2D eigenvalue weighted by Crippen LogP contribution is 2.09. The molecule has 1 aromatic rings. The van der Waals surface area contributed by atoms with Gasteiger partial charge in [-0.1, -0.05) is 6.08 Å². The summed E-state index contributed by atoms with van der Waals surface area (Å²) in [6, 6.07) is 3.70. The van der Waals surface area contributed by atoms with Crippen LogP contribution in [0.15, 0.2) is 24.9 Å². The Hall–Kier alpha value is -1.82. The molecular formula is C9H9N3. The topological polar surface area (TPSA) is 62.7 Å². The zero-order valence-corrected chi connectivity index (χ0v) is 6.62. The van der Waals surface area contributed by atoms with Gasteiger partial charge in [-0.2, -0.15) is 5.26 Å². The molecule has 2 N–H and O–H groups in total. The van der Waals surface area contributed by atoms with Crippen LogP contribution in [0.4, 0.5) is 5.82 Å². The minimum Gasteiger partial charge on any atom is -0.383 e. The predicted octanol–water partition coefficient (Wildman–Crippen LogP) is 1.26. The van der Waals surface area contributed by atoms with Crippen molar-refractivity contribution in [2.45, 2.75) is 6.42 Å². The summed E-state index contributed by atoms with van der Waals surface area (Å²) in [6.45, 7) is 3.59. The summed E-state index contributed by atoms with van der Waals surface area (Å²) in [5, 5.41) is 8.62. The molecule has 12 heavy (non-hydrogen) atoms. The minimum absolute atomic E-state index is 0.283. The van der Waals surface area contributed by atoms with E-state index in [-0.39, 0.29) is 5.82 Å². The molecule has 1 rings (SSSR count). The molecule has 0 aromatic carbocycles. The second-order valence-corrected chi connectivity index (χ2v) is 2.38. The van der Waals surface area contributed by atoms with Crippen LogP contribution in [0, 0.1) is 11.3 Å². The monoisotopic (exact) mass is 159 g/mol. The second kappa shape index (κ2) is 3.54. The van der Waals surface area contributed by atoms with E-state index >= 15 is 0 Å². The fraction of sp³-hybridized carbons (Fsp3) is 0.111. The van der Waals surface area contributed by atoms with Crippen LogP contribution in [-0.4, -0.2) is 4.98 Å². The van der Waals surface area contributed by atoms with E-state index in [0.29, 0.717) is 12.0 Å². The van der Waals surface area contributed by atoms with Crippen molar-refractivity contribution in [1.29, 1.82) is 5.26 Å². The number of nitriles is 1. The first-order valence-electron chi connectivity index (χ1n) is 3.53. The van der Waals surface area contributed by atoms with Gasteiger partial charge in [-0.3, -0.25) is 0 Å². The zero-order valence-electron chi connectivity index (χ0n) is 6.62. The molecule has 1 heterocycles. The van der Waals surface area contributed by atoms with Crippen LogP contribution in [0.25, 0.3) is 0 Å². The number of allylic oxidation sites excluding steroid dienone is 1. The molecule has 0 radical (unpaired) electrons. The Kier molecular flexibility index (Phi) is 2.44. The first-order chi connectivity index (χ1) is 5.77. The number of aromatic nitrogens is 1. The van der Waals surface area contributed by atoms with Gasteiger partial charge in [-0.05, 0) is 18.1 Å². The predicted molar refractivity (Wildman–Crippen MR) is 47.3 cm³/mol. The number of hydrogen-bond donors (Lipinski definition) is 1. The van der Waals surface area contributed by atoms with Gasteiger partial charge in [-0.15, -0.1) is 6.58 Å². The SMILES string of the molecule is C=CCc1cnc(N)c(C#N)c1. The molecule has 0 amide bonds. The summed E-state index contributed by atoms with van der Waals surface area (Å²) in [5.41, 5.74) is 6.82. The highest BCUT2D eigenvalue weighted by atomic mass is 14.8. The maximum atomic E-state index is 8.62. The number of anilines is 1. The van der Waals surface area contributed by atoms with Crippen molar-refractivity contribution < 1.29 is 0 Å². The van der Waals surface area contributed by atoms with E-state index in [1.807, 2.05) is 6.07 Å². The highest BCUT2D eigenvalue weighted by molar-refractivity contribution is 5.49. The molecule has 60 valence electrons. The lowest BCUT2D eigenvalue weighted by Crippen LogP contribution is -1.95. The summed E-state index contributed by atoms with van der Waals surface area (Å²) in [6.07, 6.45) is 4.12. The molecule has 0 aliphatic rings. The molecule has 0 aliphatic heterocycles. The molecule has 0 bridgehead atoms. The Bertz CT molecular complexity index is 336. The number of rotatable bonds is 2. The Balaban J connectivity index is 3.07. The minimum atomic E-state index is 0.283. The highest BCUT2D eigenvalue weighted by Gasteiger charge is 1.99. The molecule has 0 aliphatic carbocycles. The first-order valence-corrected chi connectivity index (χ1v) is 3.53. The van der Waals surface area contributed by atoms with Gasteiger partial charge in [0, 0.05) is 6.20 Å². The smallest absolute Gasteiger partial charge is 0.141 e. The molecule has 0 saturated carbocycles. The van der Waals surface area contributed by atoms with E-state index in [0.717, 1.165) is 5.56 Å². The van der Waals surface area contributed by atoms with Gasteiger partial charge in [0.2, 0.25) is 0 Å². The van der Waals surface area contributed by atoms with Crippen molar-refractivity contribution in [2.75, 3.05) is 5.73 Å². The van der Waals surface area contributed by atoms with E-state index in [2.05, 4.69) is 11.6 Å².